The van der Waals surface area contributed by atoms with E-state index in [4.69, 9.17) is 15.0 Å². The fourth-order valence-corrected chi connectivity index (χ4v) is 11.8. The van der Waals surface area contributed by atoms with Crippen molar-refractivity contribution in [2.75, 3.05) is 0 Å². The zero-order valence-electron chi connectivity index (χ0n) is 35.0. The molecule has 0 N–H and O–H groups in total. The second-order valence-corrected chi connectivity index (χ2v) is 18.4. The average molecular weight is 836 g/mol. The predicted octanol–water partition coefficient (Wildman–Crippen LogP) is 15.1. The number of hydrogen-bond donors (Lipinski definition) is 0. The van der Waals surface area contributed by atoms with Crippen LogP contribution in [0.15, 0.2) is 218 Å². The van der Waals surface area contributed by atoms with Gasteiger partial charge in [-0.2, -0.15) is 0 Å². The van der Waals surface area contributed by atoms with Crippen molar-refractivity contribution in [1.82, 2.24) is 15.0 Å². The molecule has 0 amide bonds. The van der Waals surface area contributed by atoms with Crippen LogP contribution in [-0.2, 0) is 5.41 Å². The molecule has 302 valence electrons. The first kappa shape index (κ1) is 37.1. The highest BCUT2D eigenvalue weighted by molar-refractivity contribution is 7.26. The largest absolute Gasteiger partial charge is 0.208 e. The summed E-state index contributed by atoms with van der Waals surface area (Å²) in [5, 5.41) is 2.57. The van der Waals surface area contributed by atoms with Gasteiger partial charge in [0.15, 0.2) is 17.5 Å². The molecule has 0 spiro atoms. The third kappa shape index (κ3) is 5.90. The van der Waals surface area contributed by atoms with Crippen LogP contribution in [0.4, 0.5) is 0 Å². The van der Waals surface area contributed by atoms with E-state index in [-0.39, 0.29) is 0 Å². The summed E-state index contributed by atoms with van der Waals surface area (Å²) in [5.41, 5.74) is 14.6. The van der Waals surface area contributed by atoms with E-state index in [0.29, 0.717) is 29.3 Å². The number of allylic oxidation sites excluding steroid dienone is 10. The van der Waals surface area contributed by atoms with Gasteiger partial charge in [0.05, 0.1) is 5.41 Å². The minimum Gasteiger partial charge on any atom is -0.208 e. The van der Waals surface area contributed by atoms with Gasteiger partial charge in [-0.3, -0.25) is 0 Å². The van der Waals surface area contributed by atoms with Crippen LogP contribution in [-0.4, -0.2) is 15.0 Å². The molecule has 0 radical (unpaired) electrons. The quantitative estimate of drug-likeness (QED) is 0.161. The van der Waals surface area contributed by atoms with E-state index in [1.165, 1.54) is 76.7 Å². The molecule has 0 bridgehead atoms. The molecule has 4 heteroatoms. The Labute approximate surface area is 376 Å². The molecule has 0 aliphatic heterocycles. The van der Waals surface area contributed by atoms with Crippen molar-refractivity contribution < 1.29 is 0 Å². The monoisotopic (exact) mass is 835 g/mol. The number of rotatable bonds is 7. The van der Waals surface area contributed by atoms with Gasteiger partial charge < -0.3 is 0 Å². The van der Waals surface area contributed by atoms with E-state index in [9.17, 15) is 0 Å². The molecule has 2 heterocycles. The molecule has 2 aromatic heterocycles. The number of benzene rings is 7. The summed E-state index contributed by atoms with van der Waals surface area (Å²) in [4.78, 5) is 16.3. The molecular weight excluding hydrogens is 795 g/mol. The Kier molecular flexibility index (Phi) is 8.57. The maximum Gasteiger partial charge on any atom is 0.164 e. The smallest absolute Gasteiger partial charge is 0.164 e. The fraction of sp³-hybridized carbons (Fsp3) is 0.0833. The lowest BCUT2D eigenvalue weighted by Gasteiger charge is -2.36. The van der Waals surface area contributed by atoms with Crippen LogP contribution in [0.25, 0.3) is 76.3 Å². The van der Waals surface area contributed by atoms with Crippen LogP contribution >= 0.6 is 11.3 Å². The second-order valence-electron chi connectivity index (χ2n) is 17.4. The highest BCUT2D eigenvalue weighted by Crippen LogP contribution is 2.61. The maximum atomic E-state index is 5.54. The first-order valence-electron chi connectivity index (χ1n) is 22.3. The van der Waals surface area contributed by atoms with Gasteiger partial charge in [0.25, 0.3) is 0 Å². The van der Waals surface area contributed by atoms with Gasteiger partial charge in [0, 0.05) is 36.9 Å². The molecule has 4 aliphatic rings. The average Bonchev–Trinajstić information content (AvgIpc) is 4.04. The summed E-state index contributed by atoms with van der Waals surface area (Å²) in [6, 6.07) is 61.7. The number of aromatic nitrogens is 3. The summed E-state index contributed by atoms with van der Waals surface area (Å²) in [7, 11) is 0. The van der Waals surface area contributed by atoms with Gasteiger partial charge in [-0.15, -0.1) is 11.3 Å². The van der Waals surface area contributed by atoms with Gasteiger partial charge >= 0.3 is 0 Å². The zero-order chi connectivity index (χ0) is 42.2. The van der Waals surface area contributed by atoms with E-state index in [2.05, 4.69) is 206 Å². The fourth-order valence-electron chi connectivity index (χ4n) is 10.6. The van der Waals surface area contributed by atoms with Crippen LogP contribution in [0, 0.1) is 11.8 Å². The summed E-state index contributed by atoms with van der Waals surface area (Å²) < 4.78 is 2.57. The Bertz CT molecular complexity index is 3500. The molecule has 3 nitrogen and oxygen atoms in total. The van der Waals surface area contributed by atoms with Crippen molar-refractivity contribution in [3.05, 3.63) is 246 Å². The lowest BCUT2D eigenvalue weighted by atomic mass is 9.66. The molecule has 64 heavy (non-hydrogen) atoms. The van der Waals surface area contributed by atoms with Crippen LogP contribution < -0.4 is 0 Å². The number of thiophene rings is 1. The Morgan fingerprint density at radius 2 is 1.16 bits per heavy atom. The normalized spacial score (nSPS) is 19.3. The minimum atomic E-state index is -0.569. The third-order valence-electron chi connectivity index (χ3n) is 13.7. The van der Waals surface area contributed by atoms with Gasteiger partial charge in [-0.05, 0) is 98.5 Å². The standard InChI is InChI=1S/C60H41N3S/c1-4-16-38(17-5-1)39-20-14-21-41(31-30-39)58-61-57(40-18-6-2-7-19-40)62-59(63-58)51-36-44(47-26-15-27-49-48-24-11-13-29-54(48)64-56(47)49)37-53-55(51)50-25-10-12-28-52(50)60(53,45-22-8-3-9-23-45)46-33-32-42-34-43(42)35-46/h1-13,15-33,35-37,42-43H,14,34H2. The van der Waals surface area contributed by atoms with Crippen molar-refractivity contribution in [3.63, 3.8) is 0 Å². The molecule has 13 rings (SSSR count). The van der Waals surface area contributed by atoms with E-state index >= 15 is 0 Å². The molecule has 7 aromatic carbocycles. The van der Waals surface area contributed by atoms with Crippen molar-refractivity contribution in [1.29, 1.82) is 0 Å². The molecule has 0 saturated heterocycles. The van der Waals surface area contributed by atoms with Crippen LogP contribution in [0.1, 0.15) is 40.9 Å². The lowest BCUT2D eigenvalue weighted by Crippen LogP contribution is -2.29. The van der Waals surface area contributed by atoms with E-state index < -0.39 is 5.41 Å². The number of hydrogen-bond acceptors (Lipinski definition) is 4. The van der Waals surface area contributed by atoms with Gasteiger partial charge in [-0.25, -0.2) is 15.0 Å². The highest BCUT2D eigenvalue weighted by atomic mass is 32.1. The summed E-state index contributed by atoms with van der Waals surface area (Å²) >= 11 is 1.87. The van der Waals surface area contributed by atoms with E-state index in [1.807, 2.05) is 17.4 Å². The lowest BCUT2D eigenvalue weighted by molar-refractivity contribution is 0.747. The van der Waals surface area contributed by atoms with Gasteiger partial charge in [-0.1, -0.05) is 194 Å². The minimum absolute atomic E-state index is 0.559. The molecule has 3 atom stereocenters. The van der Waals surface area contributed by atoms with Crippen molar-refractivity contribution in [3.8, 4) is 45.0 Å². The summed E-state index contributed by atoms with van der Waals surface area (Å²) in [5.74, 6) is 3.16. The molecule has 1 fully saturated rings. The first-order chi connectivity index (χ1) is 31.7. The topological polar surface area (TPSA) is 38.7 Å². The summed E-state index contributed by atoms with van der Waals surface area (Å²) in [6.07, 6.45) is 18.3. The molecule has 1 saturated carbocycles. The second kappa shape index (κ2) is 14.8. The Hall–Kier alpha value is -7.53. The Morgan fingerprint density at radius 3 is 2.00 bits per heavy atom. The number of nitrogens with zero attached hydrogens (tertiary/aromatic N) is 3. The Morgan fingerprint density at radius 1 is 0.484 bits per heavy atom. The Balaban J connectivity index is 1.11. The van der Waals surface area contributed by atoms with E-state index in [1.54, 1.807) is 0 Å². The van der Waals surface area contributed by atoms with Gasteiger partial charge in [0.2, 0.25) is 0 Å². The predicted molar refractivity (Wildman–Crippen MR) is 266 cm³/mol. The van der Waals surface area contributed by atoms with Crippen molar-refractivity contribution in [2.45, 2.75) is 18.3 Å². The molecule has 9 aromatic rings. The van der Waals surface area contributed by atoms with Crippen LogP contribution in [0.5, 0.6) is 0 Å². The highest BCUT2D eigenvalue weighted by Gasteiger charge is 2.50. The van der Waals surface area contributed by atoms with Crippen molar-refractivity contribution in [2.24, 2.45) is 11.8 Å². The van der Waals surface area contributed by atoms with Crippen LogP contribution in [0.2, 0.25) is 0 Å². The van der Waals surface area contributed by atoms with Gasteiger partial charge in [0.1, 0.15) is 0 Å². The molecule has 3 unspecified atom stereocenters. The van der Waals surface area contributed by atoms with Crippen LogP contribution in [0.3, 0.4) is 0 Å². The van der Waals surface area contributed by atoms with Crippen molar-refractivity contribution >= 4 is 42.7 Å². The zero-order valence-corrected chi connectivity index (χ0v) is 35.8. The molecular formula is C60H41N3S. The molecule has 4 aliphatic carbocycles. The van der Waals surface area contributed by atoms with E-state index in [0.717, 1.165) is 28.7 Å². The summed E-state index contributed by atoms with van der Waals surface area (Å²) in [6.45, 7) is 0. The maximum absolute atomic E-state index is 5.54. The first-order valence-corrected chi connectivity index (χ1v) is 23.1. The SMILES string of the molecule is C1=CC(c2nc(-c3ccccc3)nc(-c3cc(-c4cccc5c4sc4ccccc45)cc4c3-c3ccccc3C4(C3=CC4CC4C=C3)c3ccccc3)n2)=CCC=C1c1ccccc1. The number of fused-ring (bicyclic) bond motifs is 7. The third-order valence-corrected chi connectivity index (χ3v) is 14.9.